The van der Waals surface area contributed by atoms with Crippen molar-refractivity contribution >= 4 is 12.1 Å². The number of amides is 1. The highest BCUT2D eigenvalue weighted by molar-refractivity contribution is 5.85. The summed E-state index contributed by atoms with van der Waals surface area (Å²) in [5.74, 6) is 1.99. The molecule has 4 fully saturated rings. The van der Waals surface area contributed by atoms with E-state index in [2.05, 4.69) is 10.5 Å². The number of hydrogen-bond acceptors (Lipinski definition) is 2. The lowest BCUT2D eigenvalue weighted by Gasteiger charge is -2.55. The molecule has 0 unspecified atom stereocenters. The van der Waals surface area contributed by atoms with Crippen molar-refractivity contribution in [1.29, 1.82) is 0 Å². The summed E-state index contributed by atoms with van der Waals surface area (Å²) in [5.41, 5.74) is 3.19. The maximum atomic E-state index is 13.1. The topological polar surface area (TPSA) is 41.5 Å². The van der Waals surface area contributed by atoms with Crippen molar-refractivity contribution in [2.24, 2.45) is 28.3 Å². The largest absolute Gasteiger partial charge is 0.273 e. The van der Waals surface area contributed by atoms with E-state index in [0.717, 1.165) is 37.0 Å². The molecular weight excluding hydrogens is 279 g/mol. The van der Waals surface area contributed by atoms with Gasteiger partial charge in [-0.15, -0.1) is 0 Å². The third-order valence-electron chi connectivity index (χ3n) is 5.75. The third kappa shape index (κ3) is 2.44. The average molecular weight is 300 g/mol. The molecular formula is C18H21FN2O. The predicted octanol–water partition coefficient (Wildman–Crippen LogP) is 3.49. The fourth-order valence-corrected chi connectivity index (χ4v) is 5.26. The van der Waals surface area contributed by atoms with Crippen LogP contribution in [-0.4, -0.2) is 12.1 Å². The highest BCUT2D eigenvalue weighted by atomic mass is 19.1. The van der Waals surface area contributed by atoms with Crippen molar-refractivity contribution in [2.45, 2.75) is 38.5 Å². The Hall–Kier alpha value is -1.71. The predicted molar refractivity (Wildman–Crippen MR) is 82.7 cm³/mol. The monoisotopic (exact) mass is 300 g/mol. The van der Waals surface area contributed by atoms with Crippen LogP contribution in [0.4, 0.5) is 4.39 Å². The minimum atomic E-state index is -0.295. The Morgan fingerprint density at radius 1 is 1.18 bits per heavy atom. The van der Waals surface area contributed by atoms with Crippen molar-refractivity contribution in [1.82, 2.24) is 5.43 Å². The molecule has 0 aliphatic heterocycles. The third-order valence-corrected chi connectivity index (χ3v) is 5.75. The van der Waals surface area contributed by atoms with Gasteiger partial charge in [0.05, 0.1) is 11.6 Å². The van der Waals surface area contributed by atoms with Crippen molar-refractivity contribution in [2.75, 3.05) is 0 Å². The van der Waals surface area contributed by atoms with Crippen LogP contribution >= 0.6 is 0 Å². The Morgan fingerprint density at radius 2 is 1.82 bits per heavy atom. The summed E-state index contributed by atoms with van der Waals surface area (Å²) in [7, 11) is 0. The van der Waals surface area contributed by atoms with Gasteiger partial charge >= 0.3 is 0 Å². The van der Waals surface area contributed by atoms with Crippen LogP contribution < -0.4 is 5.43 Å². The minimum Gasteiger partial charge on any atom is -0.273 e. The second kappa shape index (κ2) is 5.18. The molecule has 1 aromatic rings. The molecule has 0 heterocycles. The number of nitrogens with zero attached hydrogens (tertiary/aromatic N) is 1. The molecule has 1 amide bonds. The lowest BCUT2D eigenvalue weighted by atomic mass is 9.49. The van der Waals surface area contributed by atoms with Gasteiger partial charge in [0.15, 0.2) is 0 Å². The summed E-state index contributed by atoms with van der Waals surface area (Å²) in [4.78, 5) is 12.7. The quantitative estimate of drug-likeness (QED) is 0.674. The van der Waals surface area contributed by atoms with E-state index in [1.807, 2.05) is 0 Å². The number of carbonyl (C=O) groups is 1. The van der Waals surface area contributed by atoms with Gasteiger partial charge in [0.2, 0.25) is 5.91 Å². The van der Waals surface area contributed by atoms with Gasteiger partial charge in [-0.2, -0.15) is 5.10 Å². The number of hydrogen-bond donors (Lipinski definition) is 1. The summed E-state index contributed by atoms with van der Waals surface area (Å²) in [5, 5.41) is 4.05. The molecule has 0 spiro atoms. The molecule has 4 bridgehead atoms. The first-order valence-corrected chi connectivity index (χ1v) is 8.22. The van der Waals surface area contributed by atoms with Crippen LogP contribution in [0, 0.1) is 29.0 Å². The Balaban J connectivity index is 1.44. The normalized spacial score (nSPS) is 36.0. The highest BCUT2D eigenvalue weighted by Gasteiger charge is 2.54. The van der Waals surface area contributed by atoms with E-state index in [9.17, 15) is 9.18 Å². The first-order chi connectivity index (χ1) is 10.6. The zero-order valence-corrected chi connectivity index (χ0v) is 12.6. The molecule has 3 nitrogen and oxygen atoms in total. The van der Waals surface area contributed by atoms with E-state index < -0.39 is 0 Å². The molecule has 0 aromatic heterocycles. The summed E-state index contributed by atoms with van der Waals surface area (Å²) in [6.45, 7) is 0. The smallest absolute Gasteiger partial charge is 0.246 e. The van der Waals surface area contributed by atoms with Gasteiger partial charge in [-0.1, -0.05) is 12.1 Å². The second-order valence-corrected chi connectivity index (χ2v) is 7.45. The van der Waals surface area contributed by atoms with E-state index in [-0.39, 0.29) is 17.1 Å². The first kappa shape index (κ1) is 13.9. The Kier molecular flexibility index (Phi) is 3.28. The van der Waals surface area contributed by atoms with E-state index in [1.54, 1.807) is 12.1 Å². The summed E-state index contributed by atoms with van der Waals surface area (Å²) in [6.07, 6.45) is 8.56. The highest BCUT2D eigenvalue weighted by Crippen LogP contribution is 2.60. The fraction of sp³-hybridized carbons (Fsp3) is 0.556. The van der Waals surface area contributed by atoms with Gasteiger partial charge in [0.25, 0.3) is 0 Å². The van der Waals surface area contributed by atoms with Crippen LogP contribution in [0.3, 0.4) is 0 Å². The second-order valence-electron chi connectivity index (χ2n) is 7.45. The first-order valence-electron chi connectivity index (χ1n) is 8.22. The number of rotatable bonds is 3. The van der Waals surface area contributed by atoms with Crippen molar-refractivity contribution in [3.8, 4) is 0 Å². The molecule has 4 aliphatic rings. The lowest BCUT2D eigenvalue weighted by Crippen LogP contribution is -2.52. The zero-order valence-electron chi connectivity index (χ0n) is 12.6. The maximum Gasteiger partial charge on any atom is 0.246 e. The van der Waals surface area contributed by atoms with Crippen LogP contribution in [0.25, 0.3) is 0 Å². The van der Waals surface area contributed by atoms with Gasteiger partial charge in [-0.3, -0.25) is 4.79 Å². The molecule has 22 heavy (non-hydrogen) atoms. The molecule has 4 saturated carbocycles. The standard InChI is InChI=1S/C18H21FN2O/c19-16-3-1-2-12(7-16)11-20-21-17(22)18-8-13-4-14(9-18)6-15(5-13)10-18/h1-3,7,11,13-15H,4-6,8-10H2,(H,21,22)/b20-11-. The van der Waals surface area contributed by atoms with Crippen LogP contribution in [0.1, 0.15) is 44.1 Å². The van der Waals surface area contributed by atoms with Gasteiger partial charge in [-0.05, 0) is 74.0 Å². The minimum absolute atomic E-state index is 0.0688. The fourth-order valence-electron chi connectivity index (χ4n) is 5.26. The summed E-state index contributed by atoms with van der Waals surface area (Å²) < 4.78 is 13.1. The maximum absolute atomic E-state index is 13.1. The van der Waals surface area contributed by atoms with Gasteiger partial charge in [0.1, 0.15) is 5.82 Å². The van der Waals surface area contributed by atoms with E-state index >= 15 is 0 Å². The molecule has 4 heteroatoms. The van der Waals surface area contributed by atoms with E-state index in [0.29, 0.717) is 5.56 Å². The molecule has 1 aromatic carbocycles. The Morgan fingerprint density at radius 3 is 2.41 bits per heavy atom. The van der Waals surface area contributed by atoms with Crippen LogP contribution in [0.2, 0.25) is 0 Å². The lowest BCUT2D eigenvalue weighted by molar-refractivity contribution is -0.146. The van der Waals surface area contributed by atoms with E-state index in [4.69, 9.17) is 0 Å². The zero-order chi connectivity index (χ0) is 15.2. The van der Waals surface area contributed by atoms with E-state index in [1.165, 1.54) is 37.6 Å². The van der Waals surface area contributed by atoms with Crippen LogP contribution in [0.15, 0.2) is 29.4 Å². The molecule has 0 radical (unpaired) electrons. The van der Waals surface area contributed by atoms with Crippen molar-refractivity contribution in [3.05, 3.63) is 35.6 Å². The molecule has 5 rings (SSSR count). The van der Waals surface area contributed by atoms with Gasteiger partial charge in [-0.25, -0.2) is 9.82 Å². The summed E-state index contributed by atoms with van der Waals surface area (Å²) >= 11 is 0. The van der Waals surface area contributed by atoms with Crippen molar-refractivity contribution in [3.63, 3.8) is 0 Å². The number of benzene rings is 1. The average Bonchev–Trinajstić information content (AvgIpc) is 2.46. The number of carbonyl (C=O) groups excluding carboxylic acids is 1. The van der Waals surface area contributed by atoms with Crippen molar-refractivity contribution < 1.29 is 9.18 Å². The molecule has 1 N–H and O–H groups in total. The number of hydrazone groups is 1. The Labute approximate surface area is 130 Å². The van der Waals surface area contributed by atoms with Crippen LogP contribution in [0.5, 0.6) is 0 Å². The molecule has 0 atom stereocenters. The number of nitrogens with one attached hydrogen (secondary N) is 1. The van der Waals surface area contributed by atoms with Crippen LogP contribution in [-0.2, 0) is 4.79 Å². The Bertz CT molecular complexity index is 590. The SMILES string of the molecule is O=C(N/N=C\c1cccc(F)c1)C12CC3CC(CC(C3)C1)C2. The van der Waals surface area contributed by atoms with Gasteiger partial charge in [0, 0.05) is 0 Å². The molecule has 4 aliphatic carbocycles. The molecule has 116 valence electrons. The van der Waals surface area contributed by atoms with Gasteiger partial charge < -0.3 is 0 Å². The number of halogens is 1. The summed E-state index contributed by atoms with van der Waals surface area (Å²) in [6, 6.07) is 6.20. The molecule has 0 saturated heterocycles.